The summed E-state index contributed by atoms with van der Waals surface area (Å²) in [6, 6.07) is 17.3. The van der Waals surface area contributed by atoms with Gasteiger partial charge in [-0.25, -0.2) is 8.91 Å². The SMILES string of the molecule is Cc1ccn2ncc(C#N)c(Nc3ccc(Oc4cccc(F)c4)cc3)c12. The Morgan fingerprint density at radius 1 is 1.11 bits per heavy atom. The second kappa shape index (κ2) is 6.81. The number of fused-ring (bicyclic) bond motifs is 1. The Bertz CT molecular complexity index is 1160. The number of aryl methyl sites for hydroxylation is 1. The number of ether oxygens (including phenoxy) is 1. The molecule has 132 valence electrons. The molecule has 0 radical (unpaired) electrons. The van der Waals surface area contributed by atoms with Crippen LogP contribution in [0.4, 0.5) is 15.8 Å². The lowest BCUT2D eigenvalue weighted by molar-refractivity contribution is 0.477. The van der Waals surface area contributed by atoms with Gasteiger partial charge in [-0.15, -0.1) is 0 Å². The van der Waals surface area contributed by atoms with Crippen molar-refractivity contribution < 1.29 is 9.13 Å². The molecule has 0 aliphatic heterocycles. The van der Waals surface area contributed by atoms with Crippen molar-refractivity contribution in [1.29, 1.82) is 5.26 Å². The third-order valence-corrected chi connectivity index (χ3v) is 4.16. The summed E-state index contributed by atoms with van der Waals surface area (Å²) in [7, 11) is 0. The highest BCUT2D eigenvalue weighted by molar-refractivity contribution is 5.84. The predicted molar refractivity (Wildman–Crippen MR) is 101 cm³/mol. The molecule has 2 heterocycles. The number of rotatable bonds is 4. The van der Waals surface area contributed by atoms with Gasteiger partial charge in [-0.3, -0.25) is 0 Å². The highest BCUT2D eigenvalue weighted by atomic mass is 19.1. The Hall–Kier alpha value is -3.85. The van der Waals surface area contributed by atoms with Gasteiger partial charge >= 0.3 is 0 Å². The minimum Gasteiger partial charge on any atom is -0.457 e. The van der Waals surface area contributed by atoms with Gasteiger partial charge in [-0.1, -0.05) is 6.07 Å². The van der Waals surface area contributed by atoms with Crippen LogP contribution in [0, 0.1) is 24.1 Å². The van der Waals surface area contributed by atoms with E-state index in [0.717, 1.165) is 16.8 Å². The summed E-state index contributed by atoms with van der Waals surface area (Å²) < 4.78 is 20.6. The van der Waals surface area contributed by atoms with Gasteiger partial charge in [0, 0.05) is 18.0 Å². The molecule has 0 saturated carbocycles. The molecule has 2 aromatic heterocycles. The summed E-state index contributed by atoms with van der Waals surface area (Å²) in [5.41, 5.74) is 3.84. The molecule has 27 heavy (non-hydrogen) atoms. The molecule has 0 unspecified atom stereocenters. The van der Waals surface area contributed by atoms with E-state index < -0.39 is 0 Å². The first-order valence-electron chi connectivity index (χ1n) is 8.31. The van der Waals surface area contributed by atoms with Crippen molar-refractivity contribution in [2.75, 3.05) is 5.32 Å². The van der Waals surface area contributed by atoms with Gasteiger partial charge in [0.1, 0.15) is 23.4 Å². The largest absolute Gasteiger partial charge is 0.457 e. The number of anilines is 2. The van der Waals surface area contributed by atoms with Gasteiger partial charge in [0.25, 0.3) is 0 Å². The molecule has 0 atom stereocenters. The van der Waals surface area contributed by atoms with Crippen LogP contribution in [0.1, 0.15) is 11.1 Å². The molecular weight excluding hydrogens is 343 g/mol. The van der Waals surface area contributed by atoms with Crippen LogP contribution in [0.15, 0.2) is 67.0 Å². The van der Waals surface area contributed by atoms with Crippen molar-refractivity contribution in [3.8, 4) is 17.6 Å². The lowest BCUT2D eigenvalue weighted by Crippen LogP contribution is -2.00. The molecule has 0 bridgehead atoms. The maximum Gasteiger partial charge on any atom is 0.130 e. The van der Waals surface area contributed by atoms with Crippen LogP contribution in [0.2, 0.25) is 0 Å². The number of aromatic nitrogens is 2. The van der Waals surface area contributed by atoms with Crippen molar-refractivity contribution in [3.05, 3.63) is 83.9 Å². The summed E-state index contributed by atoms with van der Waals surface area (Å²) in [5, 5.41) is 17.0. The number of hydrogen-bond acceptors (Lipinski definition) is 4. The molecule has 1 N–H and O–H groups in total. The zero-order chi connectivity index (χ0) is 18.8. The van der Waals surface area contributed by atoms with E-state index in [-0.39, 0.29) is 5.82 Å². The van der Waals surface area contributed by atoms with Crippen LogP contribution in [-0.4, -0.2) is 9.61 Å². The smallest absolute Gasteiger partial charge is 0.130 e. The lowest BCUT2D eigenvalue weighted by Gasteiger charge is -2.12. The van der Waals surface area contributed by atoms with Crippen LogP contribution >= 0.6 is 0 Å². The average Bonchev–Trinajstić information content (AvgIpc) is 3.05. The monoisotopic (exact) mass is 358 g/mol. The first kappa shape index (κ1) is 16.6. The van der Waals surface area contributed by atoms with Crippen LogP contribution in [-0.2, 0) is 0 Å². The summed E-state index contributed by atoms with van der Waals surface area (Å²) in [6.07, 6.45) is 3.39. The predicted octanol–water partition coefficient (Wildman–Crippen LogP) is 5.19. The number of nitrogens with zero attached hydrogens (tertiary/aromatic N) is 3. The number of benzene rings is 2. The number of halogens is 1. The van der Waals surface area contributed by atoms with Crippen molar-refractivity contribution in [2.24, 2.45) is 0 Å². The molecule has 4 aromatic rings. The average molecular weight is 358 g/mol. The highest BCUT2D eigenvalue weighted by Gasteiger charge is 2.12. The normalized spacial score (nSPS) is 10.6. The van der Waals surface area contributed by atoms with Gasteiger partial charge in [0.05, 0.1) is 23.0 Å². The maximum atomic E-state index is 13.3. The first-order valence-corrected chi connectivity index (χ1v) is 8.31. The number of nitrogens with one attached hydrogen (secondary N) is 1. The molecule has 0 saturated heterocycles. The standard InChI is InChI=1S/C21H15FN4O/c1-14-9-10-26-21(14)20(15(12-23)13-24-26)25-17-5-7-18(8-6-17)27-19-4-2-3-16(22)11-19/h2-11,13,25H,1H3. The third-order valence-electron chi connectivity index (χ3n) is 4.16. The summed E-state index contributed by atoms with van der Waals surface area (Å²) >= 11 is 0. The Morgan fingerprint density at radius 2 is 1.93 bits per heavy atom. The van der Waals surface area contributed by atoms with Crippen LogP contribution in [0.5, 0.6) is 11.5 Å². The molecular formula is C21H15FN4O. The molecule has 0 spiro atoms. The summed E-state index contributed by atoms with van der Waals surface area (Å²) in [5.74, 6) is 0.673. The van der Waals surface area contributed by atoms with E-state index in [2.05, 4.69) is 16.5 Å². The molecule has 4 rings (SSSR count). The topological polar surface area (TPSA) is 62.4 Å². The van der Waals surface area contributed by atoms with E-state index in [1.165, 1.54) is 18.3 Å². The van der Waals surface area contributed by atoms with E-state index in [1.807, 2.05) is 31.3 Å². The quantitative estimate of drug-likeness (QED) is 0.545. The molecule has 2 aromatic carbocycles. The van der Waals surface area contributed by atoms with Gasteiger partial charge < -0.3 is 10.1 Å². The highest BCUT2D eigenvalue weighted by Crippen LogP contribution is 2.29. The zero-order valence-electron chi connectivity index (χ0n) is 14.5. The van der Waals surface area contributed by atoms with E-state index >= 15 is 0 Å². The van der Waals surface area contributed by atoms with Crippen molar-refractivity contribution in [1.82, 2.24) is 9.61 Å². The number of nitriles is 1. The van der Waals surface area contributed by atoms with Gasteiger partial charge in [0.2, 0.25) is 0 Å². The van der Waals surface area contributed by atoms with E-state index in [1.54, 1.807) is 28.8 Å². The van der Waals surface area contributed by atoms with Gasteiger partial charge in [0.15, 0.2) is 0 Å². The number of hydrogen-bond donors (Lipinski definition) is 1. The molecule has 0 fully saturated rings. The van der Waals surface area contributed by atoms with Crippen LogP contribution in [0.25, 0.3) is 5.52 Å². The molecule has 0 amide bonds. The fourth-order valence-electron chi connectivity index (χ4n) is 2.87. The fraction of sp³-hybridized carbons (Fsp3) is 0.0476. The van der Waals surface area contributed by atoms with Crippen LogP contribution in [0.3, 0.4) is 0 Å². The second-order valence-corrected chi connectivity index (χ2v) is 6.05. The fourth-order valence-corrected chi connectivity index (χ4v) is 2.87. The van der Waals surface area contributed by atoms with E-state index in [9.17, 15) is 9.65 Å². The third kappa shape index (κ3) is 3.31. The maximum absolute atomic E-state index is 13.3. The van der Waals surface area contributed by atoms with Gasteiger partial charge in [-0.2, -0.15) is 10.4 Å². The van der Waals surface area contributed by atoms with E-state index in [0.29, 0.717) is 22.7 Å². The first-order chi connectivity index (χ1) is 13.1. The van der Waals surface area contributed by atoms with Gasteiger partial charge in [-0.05, 0) is 55.0 Å². The zero-order valence-corrected chi connectivity index (χ0v) is 14.5. The Morgan fingerprint density at radius 3 is 2.67 bits per heavy atom. The minimum absolute atomic E-state index is 0.348. The van der Waals surface area contributed by atoms with Crippen LogP contribution < -0.4 is 10.1 Å². The Balaban J connectivity index is 1.62. The summed E-state index contributed by atoms with van der Waals surface area (Å²) in [4.78, 5) is 0. The van der Waals surface area contributed by atoms with E-state index in [4.69, 9.17) is 4.74 Å². The van der Waals surface area contributed by atoms with Crippen molar-refractivity contribution in [2.45, 2.75) is 6.92 Å². The van der Waals surface area contributed by atoms with Crippen molar-refractivity contribution in [3.63, 3.8) is 0 Å². The lowest BCUT2D eigenvalue weighted by atomic mass is 10.2. The molecule has 5 nitrogen and oxygen atoms in total. The minimum atomic E-state index is -0.348. The summed E-state index contributed by atoms with van der Waals surface area (Å²) in [6.45, 7) is 1.97. The van der Waals surface area contributed by atoms with Crippen molar-refractivity contribution >= 4 is 16.9 Å². The Labute approximate surface area is 155 Å². The second-order valence-electron chi connectivity index (χ2n) is 6.05. The molecule has 0 aliphatic rings. The Kier molecular flexibility index (Phi) is 4.19. The molecule has 6 heteroatoms. The molecule has 0 aliphatic carbocycles.